The number of carbonyl (C=O) groups is 1. The lowest BCUT2D eigenvalue weighted by atomic mass is 10.1. The largest absolute Gasteiger partial charge is 0.490 e. The van der Waals surface area contributed by atoms with Crippen molar-refractivity contribution in [1.82, 2.24) is 0 Å². The molecule has 0 bridgehead atoms. The zero-order valence-corrected chi connectivity index (χ0v) is 18.6. The molecule has 0 spiro atoms. The van der Waals surface area contributed by atoms with Crippen molar-refractivity contribution in [2.45, 2.75) is 6.92 Å². The molecule has 1 aliphatic heterocycles. The molecular formula is C21H15ClF2INO4. The smallest absolute Gasteiger partial charge is 0.363 e. The highest BCUT2D eigenvalue weighted by Gasteiger charge is 2.27. The van der Waals surface area contributed by atoms with Gasteiger partial charge in [0.15, 0.2) is 28.8 Å². The van der Waals surface area contributed by atoms with Gasteiger partial charge in [0.05, 0.1) is 20.8 Å². The monoisotopic (exact) mass is 545 g/mol. The quantitative estimate of drug-likeness (QED) is 0.151. The molecule has 0 amide bonds. The second-order valence-corrected chi connectivity index (χ2v) is 7.51. The van der Waals surface area contributed by atoms with Gasteiger partial charge in [0, 0.05) is 0 Å². The SMILES string of the molecule is C=CCOc1c(I)cc(C=C2N=C(c3cc(F)c(F)cc3Cl)OC2=O)cc1OCC. The van der Waals surface area contributed by atoms with E-state index in [9.17, 15) is 13.6 Å². The van der Waals surface area contributed by atoms with Crippen LogP contribution in [-0.2, 0) is 9.53 Å². The summed E-state index contributed by atoms with van der Waals surface area (Å²) in [5.41, 5.74) is 0.566. The van der Waals surface area contributed by atoms with Crippen LogP contribution in [0.3, 0.4) is 0 Å². The minimum atomic E-state index is -1.13. The topological polar surface area (TPSA) is 57.1 Å². The summed E-state index contributed by atoms with van der Waals surface area (Å²) in [5, 5.41) is -0.126. The van der Waals surface area contributed by atoms with Crippen LogP contribution in [0.25, 0.3) is 6.08 Å². The lowest BCUT2D eigenvalue weighted by molar-refractivity contribution is -0.129. The number of hydrogen-bond donors (Lipinski definition) is 0. The molecule has 1 heterocycles. The summed E-state index contributed by atoms with van der Waals surface area (Å²) in [4.78, 5) is 16.3. The van der Waals surface area contributed by atoms with Crippen LogP contribution in [-0.4, -0.2) is 25.1 Å². The molecule has 9 heteroatoms. The number of rotatable bonds is 7. The van der Waals surface area contributed by atoms with Gasteiger partial charge in [0.2, 0.25) is 5.90 Å². The fraction of sp³-hybridized carbons (Fsp3) is 0.143. The Morgan fingerprint density at radius 1 is 1.23 bits per heavy atom. The number of cyclic esters (lactones) is 1. The molecule has 1 aliphatic rings. The van der Waals surface area contributed by atoms with Gasteiger partial charge in [-0.15, -0.1) is 0 Å². The number of benzene rings is 2. The van der Waals surface area contributed by atoms with E-state index in [1.807, 2.05) is 6.92 Å². The number of aliphatic imine (C=N–C) groups is 1. The van der Waals surface area contributed by atoms with Crippen molar-refractivity contribution in [1.29, 1.82) is 0 Å². The minimum absolute atomic E-state index is 0.0231. The second kappa shape index (κ2) is 9.57. The highest BCUT2D eigenvalue weighted by Crippen LogP contribution is 2.35. The Morgan fingerprint density at radius 2 is 1.97 bits per heavy atom. The zero-order chi connectivity index (χ0) is 21.8. The number of esters is 1. The summed E-state index contributed by atoms with van der Waals surface area (Å²) in [6.45, 7) is 6.19. The second-order valence-electron chi connectivity index (χ2n) is 5.94. The summed E-state index contributed by atoms with van der Waals surface area (Å²) in [6.07, 6.45) is 3.11. The third-order valence-corrected chi connectivity index (χ3v) is 4.96. The highest BCUT2D eigenvalue weighted by atomic mass is 127. The Bertz CT molecular complexity index is 1090. The lowest BCUT2D eigenvalue weighted by Crippen LogP contribution is -2.07. The Labute approximate surface area is 190 Å². The molecule has 30 heavy (non-hydrogen) atoms. The molecule has 0 aromatic heterocycles. The predicted octanol–water partition coefficient (Wildman–Crippen LogP) is 5.53. The highest BCUT2D eigenvalue weighted by molar-refractivity contribution is 14.1. The van der Waals surface area contributed by atoms with E-state index in [1.54, 1.807) is 18.2 Å². The van der Waals surface area contributed by atoms with Gasteiger partial charge in [-0.1, -0.05) is 24.3 Å². The maximum absolute atomic E-state index is 13.6. The first-order chi connectivity index (χ1) is 14.3. The molecule has 0 aliphatic carbocycles. The molecule has 0 radical (unpaired) electrons. The van der Waals surface area contributed by atoms with Crippen molar-refractivity contribution in [3.63, 3.8) is 0 Å². The van der Waals surface area contributed by atoms with Gasteiger partial charge in [0.1, 0.15) is 6.61 Å². The van der Waals surface area contributed by atoms with E-state index < -0.39 is 17.6 Å². The predicted molar refractivity (Wildman–Crippen MR) is 118 cm³/mol. The fourth-order valence-electron chi connectivity index (χ4n) is 2.59. The normalized spacial score (nSPS) is 14.5. The third-order valence-electron chi connectivity index (χ3n) is 3.84. The third kappa shape index (κ3) is 4.81. The maximum Gasteiger partial charge on any atom is 0.363 e. The summed E-state index contributed by atoms with van der Waals surface area (Å²) in [7, 11) is 0. The van der Waals surface area contributed by atoms with Gasteiger partial charge < -0.3 is 14.2 Å². The summed E-state index contributed by atoms with van der Waals surface area (Å²) < 4.78 is 44.0. The van der Waals surface area contributed by atoms with Crippen molar-refractivity contribution < 1.29 is 27.8 Å². The van der Waals surface area contributed by atoms with Crippen molar-refractivity contribution >= 4 is 52.1 Å². The molecule has 0 atom stereocenters. The molecule has 2 aromatic carbocycles. The van der Waals surface area contributed by atoms with E-state index >= 15 is 0 Å². The molecule has 0 saturated heterocycles. The summed E-state index contributed by atoms with van der Waals surface area (Å²) >= 11 is 8.03. The number of hydrogen-bond acceptors (Lipinski definition) is 5. The zero-order valence-electron chi connectivity index (χ0n) is 15.7. The van der Waals surface area contributed by atoms with Crippen LogP contribution in [0.15, 0.2) is 47.6 Å². The van der Waals surface area contributed by atoms with E-state index in [4.69, 9.17) is 25.8 Å². The molecule has 0 unspecified atom stereocenters. The number of nitrogens with zero attached hydrogens (tertiary/aromatic N) is 1. The van der Waals surface area contributed by atoms with E-state index in [0.717, 1.165) is 15.7 Å². The first kappa shape index (κ1) is 22.2. The fourth-order valence-corrected chi connectivity index (χ4v) is 3.60. The Kier molecular flexibility index (Phi) is 7.09. The average molecular weight is 546 g/mol. The molecule has 5 nitrogen and oxygen atoms in total. The van der Waals surface area contributed by atoms with E-state index in [-0.39, 0.29) is 22.2 Å². The molecule has 2 aromatic rings. The molecule has 3 rings (SSSR count). The van der Waals surface area contributed by atoms with Gasteiger partial charge >= 0.3 is 5.97 Å². The van der Waals surface area contributed by atoms with Crippen molar-refractivity contribution in [3.8, 4) is 11.5 Å². The summed E-state index contributed by atoms with van der Waals surface area (Å²) in [6, 6.07) is 5.10. The van der Waals surface area contributed by atoms with E-state index in [2.05, 4.69) is 34.2 Å². The molecular weight excluding hydrogens is 531 g/mol. The van der Waals surface area contributed by atoms with Crippen molar-refractivity contribution in [3.05, 3.63) is 74.0 Å². The number of carbonyl (C=O) groups excluding carboxylic acids is 1. The average Bonchev–Trinajstić information content (AvgIpc) is 3.04. The van der Waals surface area contributed by atoms with Crippen LogP contribution in [0.5, 0.6) is 11.5 Å². The van der Waals surface area contributed by atoms with Crippen LogP contribution in [0, 0.1) is 15.2 Å². The van der Waals surface area contributed by atoms with Gasteiger partial charge in [-0.3, -0.25) is 0 Å². The Hall–Kier alpha value is -2.46. The number of ether oxygens (including phenoxy) is 3. The van der Waals surface area contributed by atoms with E-state index in [1.165, 1.54) is 6.08 Å². The van der Waals surface area contributed by atoms with Gasteiger partial charge in [-0.25, -0.2) is 18.6 Å². The molecule has 0 saturated carbocycles. The number of halogens is 4. The van der Waals surface area contributed by atoms with Crippen LogP contribution in [0.2, 0.25) is 5.02 Å². The van der Waals surface area contributed by atoms with Crippen LogP contribution in [0.1, 0.15) is 18.1 Å². The lowest BCUT2D eigenvalue weighted by Gasteiger charge is -2.13. The van der Waals surface area contributed by atoms with E-state index in [0.29, 0.717) is 30.3 Å². The van der Waals surface area contributed by atoms with Crippen molar-refractivity contribution in [2.24, 2.45) is 4.99 Å². The standard InChI is InChI=1S/C21H15ClF2INO4/c1-3-5-29-19-16(25)6-11(8-18(19)28-4-2)7-17-21(27)30-20(26-17)12-9-14(23)15(24)10-13(12)22/h3,6-10H,1,4-5H2,2H3. The van der Waals surface area contributed by atoms with Crippen LogP contribution < -0.4 is 9.47 Å². The van der Waals surface area contributed by atoms with Gasteiger partial charge in [-0.2, -0.15) is 0 Å². The molecule has 0 fully saturated rings. The molecule has 0 N–H and O–H groups in total. The van der Waals surface area contributed by atoms with Crippen LogP contribution in [0.4, 0.5) is 8.78 Å². The first-order valence-electron chi connectivity index (χ1n) is 8.71. The van der Waals surface area contributed by atoms with Gasteiger partial charge in [0.25, 0.3) is 0 Å². The Morgan fingerprint density at radius 3 is 2.67 bits per heavy atom. The van der Waals surface area contributed by atoms with Crippen LogP contribution >= 0.6 is 34.2 Å². The first-order valence-corrected chi connectivity index (χ1v) is 10.2. The van der Waals surface area contributed by atoms with Crippen molar-refractivity contribution in [2.75, 3.05) is 13.2 Å². The minimum Gasteiger partial charge on any atom is -0.490 e. The van der Waals surface area contributed by atoms with Gasteiger partial charge in [-0.05, 0) is 65.4 Å². The maximum atomic E-state index is 13.6. The summed E-state index contributed by atoms with van der Waals surface area (Å²) in [5.74, 6) is -2.13. The Balaban J connectivity index is 1.99. The molecule has 156 valence electrons.